The van der Waals surface area contributed by atoms with Crippen molar-refractivity contribution < 1.29 is 38.0 Å². The third-order valence-electron chi connectivity index (χ3n) is 8.43. The lowest BCUT2D eigenvalue weighted by atomic mass is 10.0. The number of quaternary nitrogens is 1. The van der Waals surface area contributed by atoms with E-state index in [9.17, 15) is 24.5 Å². The van der Waals surface area contributed by atoms with Crippen LogP contribution in [0, 0.1) is 0 Å². The number of phosphoric acid groups is 1. The normalized spacial score (nSPS) is 15.7. The molecule has 0 spiro atoms. The zero-order valence-electron chi connectivity index (χ0n) is 32.0. The van der Waals surface area contributed by atoms with Gasteiger partial charge in [0, 0.05) is 6.42 Å². The van der Waals surface area contributed by atoms with Crippen molar-refractivity contribution in [3.05, 3.63) is 36.5 Å². The van der Waals surface area contributed by atoms with Gasteiger partial charge < -0.3 is 24.9 Å². The summed E-state index contributed by atoms with van der Waals surface area (Å²) >= 11 is 0. The average Bonchev–Trinajstić information content (AvgIpc) is 3.04. The first kappa shape index (κ1) is 47.7. The summed E-state index contributed by atoms with van der Waals surface area (Å²) in [5.74, 6) is -0.286. The summed E-state index contributed by atoms with van der Waals surface area (Å²) in [7, 11) is 1.40. The number of rotatable bonds is 34. The number of carbonyl (C=O) groups excluding carboxylic acids is 1. The van der Waals surface area contributed by atoms with Gasteiger partial charge in [0.2, 0.25) is 5.91 Å². The van der Waals surface area contributed by atoms with Crippen LogP contribution in [0.15, 0.2) is 36.5 Å². The Labute approximate surface area is 300 Å². The van der Waals surface area contributed by atoms with Gasteiger partial charge in [0.1, 0.15) is 19.3 Å². The molecule has 0 fully saturated rings. The van der Waals surface area contributed by atoms with Gasteiger partial charge in [-0.3, -0.25) is 13.8 Å². The van der Waals surface area contributed by atoms with E-state index >= 15 is 0 Å². The number of nitrogens with zero attached hydrogens (tertiary/aromatic N) is 1. The fraction of sp³-hybridized carbons (Fsp3) is 0.821. The Hall–Kier alpha value is -1.32. The standard InChI is InChI=1S/C39H75N2O7P/c1-6-8-10-12-14-16-18-20-22-24-26-28-30-32-38(43)40-36(35-48-49(45,46)47-34-33-41(3,4)5)39(44)37(42)31-29-27-25-23-21-19-17-15-13-11-9-7-2/h10,12,16,18,23,25,36-37,39,42,44H,6-9,11,13-15,17,19-22,24,26-35H2,1-5H3,(H-,40,43,45,46)/p+1/b12-10-,18-16-,25-23+. The van der Waals surface area contributed by atoms with Crippen LogP contribution in [0.2, 0.25) is 0 Å². The smallest absolute Gasteiger partial charge is 0.390 e. The molecule has 1 amide bonds. The Morgan fingerprint density at radius 1 is 0.714 bits per heavy atom. The lowest BCUT2D eigenvalue weighted by molar-refractivity contribution is -0.870. The van der Waals surface area contributed by atoms with E-state index in [1.54, 1.807) is 0 Å². The number of amides is 1. The molecule has 288 valence electrons. The summed E-state index contributed by atoms with van der Waals surface area (Å²) in [6.07, 6.45) is 32.1. The second-order valence-electron chi connectivity index (χ2n) is 14.4. The number of phosphoric ester groups is 1. The molecule has 0 bridgehead atoms. The summed E-state index contributed by atoms with van der Waals surface area (Å²) in [4.78, 5) is 23.0. The van der Waals surface area contributed by atoms with Gasteiger partial charge in [0.15, 0.2) is 0 Å². The SMILES string of the molecule is CCC/C=C\C/C=C\CCCCCCCC(=O)NC(COP(=O)(O)OCC[N+](C)(C)C)C(O)C(O)CCC/C=C/CCCCCCCCC. The van der Waals surface area contributed by atoms with Crippen molar-refractivity contribution in [1.29, 1.82) is 0 Å². The number of hydrogen-bond acceptors (Lipinski definition) is 6. The first-order chi connectivity index (χ1) is 23.4. The molecule has 0 rings (SSSR count). The van der Waals surface area contributed by atoms with Crippen LogP contribution in [0.5, 0.6) is 0 Å². The highest BCUT2D eigenvalue weighted by atomic mass is 31.2. The van der Waals surface area contributed by atoms with E-state index in [-0.39, 0.29) is 18.9 Å². The molecule has 49 heavy (non-hydrogen) atoms. The molecule has 0 aromatic carbocycles. The Bertz CT molecular complexity index is 920. The molecule has 0 aliphatic carbocycles. The van der Waals surface area contributed by atoms with Crippen LogP contribution in [0.1, 0.15) is 149 Å². The fourth-order valence-corrected chi connectivity index (χ4v) is 5.97. The minimum Gasteiger partial charge on any atom is -0.390 e. The molecule has 4 atom stereocenters. The topological polar surface area (TPSA) is 125 Å². The van der Waals surface area contributed by atoms with Crippen LogP contribution in [0.3, 0.4) is 0 Å². The van der Waals surface area contributed by atoms with Gasteiger partial charge in [-0.25, -0.2) is 4.57 Å². The monoisotopic (exact) mass is 716 g/mol. The molecule has 9 nitrogen and oxygen atoms in total. The van der Waals surface area contributed by atoms with Crippen LogP contribution in [-0.2, 0) is 18.4 Å². The van der Waals surface area contributed by atoms with Gasteiger partial charge in [-0.2, -0.15) is 0 Å². The molecule has 0 aliphatic heterocycles. The molecule has 0 aromatic rings. The van der Waals surface area contributed by atoms with Crippen molar-refractivity contribution in [1.82, 2.24) is 5.32 Å². The van der Waals surface area contributed by atoms with E-state index in [2.05, 4.69) is 55.6 Å². The largest absolute Gasteiger partial charge is 0.472 e. The second-order valence-corrected chi connectivity index (χ2v) is 15.9. The molecule has 10 heteroatoms. The maximum absolute atomic E-state index is 12.8. The van der Waals surface area contributed by atoms with E-state index in [4.69, 9.17) is 9.05 Å². The van der Waals surface area contributed by atoms with Crippen molar-refractivity contribution in [2.24, 2.45) is 0 Å². The van der Waals surface area contributed by atoms with Crippen molar-refractivity contribution >= 4 is 13.7 Å². The maximum Gasteiger partial charge on any atom is 0.472 e. The first-order valence-electron chi connectivity index (χ1n) is 19.4. The predicted molar refractivity (Wildman–Crippen MR) is 204 cm³/mol. The molecule has 0 saturated heterocycles. The number of aliphatic hydroxyl groups excluding tert-OH is 2. The van der Waals surface area contributed by atoms with Crippen LogP contribution in [-0.4, -0.2) is 84.6 Å². The van der Waals surface area contributed by atoms with E-state index < -0.39 is 32.7 Å². The molecular weight excluding hydrogens is 639 g/mol. The minimum atomic E-state index is -4.42. The van der Waals surface area contributed by atoms with Crippen LogP contribution in [0.4, 0.5) is 0 Å². The molecule has 0 aliphatic rings. The number of aliphatic hydroxyl groups is 2. The number of unbranched alkanes of at least 4 members (excludes halogenated alkanes) is 14. The molecular formula is C39H76N2O7P+. The summed E-state index contributed by atoms with van der Waals surface area (Å²) < 4.78 is 23.4. The lowest BCUT2D eigenvalue weighted by Crippen LogP contribution is -2.51. The van der Waals surface area contributed by atoms with Crippen molar-refractivity contribution in [2.45, 2.75) is 167 Å². The quantitative estimate of drug-likeness (QED) is 0.0227. The van der Waals surface area contributed by atoms with Gasteiger partial charge in [0.05, 0.1) is 39.9 Å². The summed E-state index contributed by atoms with van der Waals surface area (Å²) in [6, 6.07) is -1.05. The molecule has 0 saturated carbocycles. The number of allylic oxidation sites excluding steroid dienone is 6. The van der Waals surface area contributed by atoms with Gasteiger partial charge in [-0.05, 0) is 64.2 Å². The summed E-state index contributed by atoms with van der Waals surface area (Å²) in [6.45, 7) is 4.46. The number of carbonyl (C=O) groups is 1. The number of hydrogen-bond donors (Lipinski definition) is 4. The van der Waals surface area contributed by atoms with E-state index in [0.29, 0.717) is 30.3 Å². The van der Waals surface area contributed by atoms with Gasteiger partial charge in [0.25, 0.3) is 0 Å². The number of likely N-dealkylation sites (N-methyl/N-ethyl adjacent to an activating group) is 1. The summed E-state index contributed by atoms with van der Waals surface area (Å²) in [5, 5.41) is 24.5. The second kappa shape index (κ2) is 31.4. The highest BCUT2D eigenvalue weighted by molar-refractivity contribution is 7.47. The van der Waals surface area contributed by atoms with Crippen LogP contribution in [0.25, 0.3) is 0 Å². The molecule has 0 radical (unpaired) electrons. The van der Waals surface area contributed by atoms with E-state index in [1.165, 1.54) is 51.4 Å². The Balaban J connectivity index is 4.69. The van der Waals surface area contributed by atoms with Gasteiger partial charge in [-0.1, -0.05) is 115 Å². The lowest BCUT2D eigenvalue weighted by Gasteiger charge is -2.28. The highest BCUT2D eigenvalue weighted by Gasteiger charge is 2.31. The highest BCUT2D eigenvalue weighted by Crippen LogP contribution is 2.43. The maximum atomic E-state index is 12.8. The Kier molecular flexibility index (Phi) is 30.6. The number of nitrogens with one attached hydrogen (secondary N) is 1. The van der Waals surface area contributed by atoms with E-state index in [1.807, 2.05) is 21.1 Å². The first-order valence-corrected chi connectivity index (χ1v) is 20.9. The third-order valence-corrected chi connectivity index (χ3v) is 9.42. The minimum absolute atomic E-state index is 0.0125. The fourth-order valence-electron chi connectivity index (χ4n) is 5.24. The summed E-state index contributed by atoms with van der Waals surface area (Å²) in [5.41, 5.74) is 0. The van der Waals surface area contributed by atoms with Gasteiger partial charge >= 0.3 is 7.82 Å². The van der Waals surface area contributed by atoms with Crippen molar-refractivity contribution in [3.8, 4) is 0 Å². The van der Waals surface area contributed by atoms with Crippen LogP contribution < -0.4 is 5.32 Å². The zero-order valence-corrected chi connectivity index (χ0v) is 32.9. The molecule has 4 N–H and O–H groups in total. The Morgan fingerprint density at radius 2 is 1.24 bits per heavy atom. The van der Waals surface area contributed by atoms with Crippen LogP contribution >= 0.6 is 7.82 Å². The zero-order chi connectivity index (χ0) is 36.6. The van der Waals surface area contributed by atoms with E-state index in [0.717, 1.165) is 57.8 Å². The van der Waals surface area contributed by atoms with Crippen molar-refractivity contribution in [2.75, 3.05) is 40.9 Å². The average molecular weight is 716 g/mol. The molecule has 4 unspecified atom stereocenters. The van der Waals surface area contributed by atoms with Crippen molar-refractivity contribution in [3.63, 3.8) is 0 Å². The Morgan fingerprint density at radius 3 is 1.84 bits per heavy atom. The predicted octanol–water partition coefficient (Wildman–Crippen LogP) is 8.93. The molecule has 0 heterocycles. The molecule has 0 aromatic heterocycles. The van der Waals surface area contributed by atoms with Gasteiger partial charge in [-0.15, -0.1) is 0 Å². The third kappa shape index (κ3) is 32.3.